The maximum Gasteiger partial charge on any atom is 0.305 e. The zero-order chi connectivity index (χ0) is 52.9. The van der Waals surface area contributed by atoms with Crippen LogP contribution in [0.5, 0.6) is 0 Å². The van der Waals surface area contributed by atoms with E-state index in [-0.39, 0.29) is 18.5 Å². The highest BCUT2D eigenvalue weighted by Gasteiger charge is 2.18. The third-order valence-corrected chi connectivity index (χ3v) is 15.5. The van der Waals surface area contributed by atoms with Gasteiger partial charge in [0.15, 0.2) is 0 Å². The summed E-state index contributed by atoms with van der Waals surface area (Å²) in [5, 5.41) is 23.2. The van der Waals surface area contributed by atoms with Gasteiger partial charge in [-0.1, -0.05) is 321 Å². The third-order valence-electron chi connectivity index (χ3n) is 15.5. The highest BCUT2D eigenvalue weighted by Crippen LogP contribution is 2.18. The van der Waals surface area contributed by atoms with Gasteiger partial charge >= 0.3 is 5.97 Å². The topological polar surface area (TPSA) is 95.9 Å². The van der Waals surface area contributed by atoms with Gasteiger partial charge < -0.3 is 20.3 Å². The van der Waals surface area contributed by atoms with Crippen molar-refractivity contribution in [2.24, 2.45) is 0 Å². The number of aliphatic hydroxyl groups is 2. The summed E-state index contributed by atoms with van der Waals surface area (Å²) >= 11 is 0. The van der Waals surface area contributed by atoms with Crippen molar-refractivity contribution in [1.82, 2.24) is 5.32 Å². The average Bonchev–Trinajstić information content (AvgIpc) is 3.39. The minimum Gasteiger partial charge on any atom is -0.466 e. The summed E-state index contributed by atoms with van der Waals surface area (Å²) in [5.74, 6) is -0.0584. The zero-order valence-corrected chi connectivity index (χ0v) is 49.4. The molecule has 432 valence electrons. The van der Waals surface area contributed by atoms with Crippen molar-refractivity contribution in [3.8, 4) is 0 Å². The van der Waals surface area contributed by atoms with E-state index in [2.05, 4.69) is 31.3 Å². The van der Waals surface area contributed by atoms with E-state index in [9.17, 15) is 19.8 Å². The molecule has 0 bridgehead atoms. The Hall–Kier alpha value is -1.66. The Morgan fingerprint density at radius 2 is 0.644 bits per heavy atom. The number of hydrogen-bond donors (Lipinski definition) is 3. The van der Waals surface area contributed by atoms with Crippen molar-refractivity contribution in [2.75, 3.05) is 13.2 Å². The Morgan fingerprint density at radius 1 is 0.370 bits per heavy atom. The molecule has 2 unspecified atom stereocenters. The molecule has 0 saturated heterocycles. The molecule has 0 heterocycles. The third kappa shape index (κ3) is 59.4. The van der Waals surface area contributed by atoms with Crippen molar-refractivity contribution < 1.29 is 24.5 Å². The van der Waals surface area contributed by atoms with Crippen LogP contribution in [0.15, 0.2) is 24.3 Å². The lowest BCUT2D eigenvalue weighted by Crippen LogP contribution is -2.45. The normalized spacial score (nSPS) is 12.7. The molecule has 0 aromatic carbocycles. The summed E-state index contributed by atoms with van der Waals surface area (Å²) in [7, 11) is 0. The van der Waals surface area contributed by atoms with Crippen molar-refractivity contribution in [2.45, 2.75) is 379 Å². The van der Waals surface area contributed by atoms with E-state index in [1.165, 1.54) is 295 Å². The zero-order valence-electron chi connectivity index (χ0n) is 49.4. The highest BCUT2D eigenvalue weighted by atomic mass is 16.5. The number of rotatable bonds is 62. The second kappa shape index (κ2) is 62.9. The molecule has 2 atom stereocenters. The predicted octanol–water partition coefficient (Wildman–Crippen LogP) is 21.0. The molecule has 0 saturated carbocycles. The number of allylic oxidation sites excluding steroid dienone is 3. The van der Waals surface area contributed by atoms with Gasteiger partial charge in [0.1, 0.15) is 0 Å². The van der Waals surface area contributed by atoms with E-state index in [0.29, 0.717) is 19.4 Å². The summed E-state index contributed by atoms with van der Waals surface area (Å²) in [6, 6.07) is -0.628. The van der Waals surface area contributed by atoms with Crippen LogP contribution in [0.2, 0.25) is 0 Å². The molecule has 0 rings (SSSR count). The van der Waals surface area contributed by atoms with E-state index >= 15 is 0 Å². The van der Waals surface area contributed by atoms with E-state index in [1.807, 2.05) is 6.08 Å². The van der Waals surface area contributed by atoms with Gasteiger partial charge in [0.2, 0.25) is 5.91 Å². The van der Waals surface area contributed by atoms with Gasteiger partial charge in [0.25, 0.3) is 0 Å². The molecule has 0 radical (unpaired) electrons. The van der Waals surface area contributed by atoms with E-state index in [1.54, 1.807) is 6.08 Å². The molecule has 1 amide bonds. The number of unbranched alkanes of at least 4 members (excludes halogenated alkanes) is 49. The van der Waals surface area contributed by atoms with Crippen LogP contribution >= 0.6 is 0 Å². The molecular formula is C67H129NO5. The van der Waals surface area contributed by atoms with Crippen LogP contribution in [0, 0.1) is 0 Å². The van der Waals surface area contributed by atoms with Crippen LogP contribution in [0.3, 0.4) is 0 Å². The van der Waals surface area contributed by atoms with Gasteiger partial charge in [-0.2, -0.15) is 0 Å². The fraction of sp³-hybridized carbons (Fsp3) is 0.910. The van der Waals surface area contributed by atoms with Gasteiger partial charge in [-0.3, -0.25) is 9.59 Å². The molecule has 6 nitrogen and oxygen atoms in total. The number of carbonyl (C=O) groups excluding carboxylic acids is 2. The SMILES string of the molecule is CCCCCCC/C=C\CCCCCCCC(=O)OCCCCCCCCCCCCCCCCCCCCCCCCCC(=O)NC(CO)C(O)/C=C/CCCCCCCCCCCCCCCCCCC. The van der Waals surface area contributed by atoms with Crippen LogP contribution in [0.4, 0.5) is 0 Å². The summed E-state index contributed by atoms with van der Waals surface area (Å²) in [5.41, 5.74) is 0. The van der Waals surface area contributed by atoms with Crippen molar-refractivity contribution in [1.29, 1.82) is 0 Å². The fourth-order valence-electron chi connectivity index (χ4n) is 10.4. The van der Waals surface area contributed by atoms with Gasteiger partial charge in [-0.25, -0.2) is 0 Å². The van der Waals surface area contributed by atoms with Crippen molar-refractivity contribution in [3.63, 3.8) is 0 Å². The molecule has 0 spiro atoms. The van der Waals surface area contributed by atoms with Crippen molar-refractivity contribution >= 4 is 11.9 Å². The molecule has 73 heavy (non-hydrogen) atoms. The van der Waals surface area contributed by atoms with Crippen molar-refractivity contribution in [3.05, 3.63) is 24.3 Å². The van der Waals surface area contributed by atoms with Crippen LogP contribution in [0.1, 0.15) is 367 Å². The van der Waals surface area contributed by atoms with Gasteiger partial charge in [0.05, 0.1) is 25.4 Å². The second-order valence-electron chi connectivity index (χ2n) is 22.8. The molecule has 3 N–H and O–H groups in total. The van der Waals surface area contributed by atoms with Gasteiger partial charge in [0, 0.05) is 12.8 Å². The first-order valence-corrected chi connectivity index (χ1v) is 33.1. The number of nitrogens with one attached hydrogen (secondary N) is 1. The van der Waals surface area contributed by atoms with Gasteiger partial charge in [-0.05, 0) is 57.8 Å². The molecular weight excluding hydrogens is 899 g/mol. The lowest BCUT2D eigenvalue weighted by atomic mass is 10.0. The molecule has 0 aliphatic heterocycles. The predicted molar refractivity (Wildman–Crippen MR) is 320 cm³/mol. The monoisotopic (exact) mass is 1030 g/mol. The Bertz CT molecular complexity index is 1140. The Labute approximate surface area is 456 Å². The number of amides is 1. The van der Waals surface area contributed by atoms with E-state index in [4.69, 9.17) is 4.74 Å². The molecule has 0 aliphatic rings. The largest absolute Gasteiger partial charge is 0.466 e. The number of esters is 1. The van der Waals surface area contributed by atoms with E-state index in [0.717, 1.165) is 44.9 Å². The second-order valence-corrected chi connectivity index (χ2v) is 22.8. The number of hydrogen-bond acceptors (Lipinski definition) is 5. The lowest BCUT2D eigenvalue weighted by Gasteiger charge is -2.20. The minimum atomic E-state index is -0.844. The Balaban J connectivity index is 3.40. The molecule has 0 aromatic rings. The quantitative estimate of drug-likeness (QED) is 0.0320. The summed E-state index contributed by atoms with van der Waals surface area (Å²) in [6.07, 6.45) is 78.0. The molecule has 0 fully saturated rings. The van der Waals surface area contributed by atoms with Crippen LogP contribution in [-0.4, -0.2) is 47.4 Å². The van der Waals surface area contributed by atoms with Crippen LogP contribution in [-0.2, 0) is 14.3 Å². The Kier molecular flexibility index (Phi) is 61.4. The maximum absolute atomic E-state index is 12.5. The first-order valence-electron chi connectivity index (χ1n) is 33.1. The average molecular weight is 1030 g/mol. The summed E-state index contributed by atoms with van der Waals surface area (Å²) in [4.78, 5) is 24.6. The standard InChI is InChI=1S/C67H129NO5/c1-3-5-7-9-11-13-15-17-19-20-26-29-32-35-39-43-47-51-55-59-65(70)64(63-69)68-66(71)60-56-52-48-44-40-36-33-30-27-24-22-21-23-25-28-31-34-38-42-46-50-54-58-62-73-67(72)61-57-53-49-45-41-37-18-16-14-12-10-8-6-4-2/h16,18,55,59,64-65,69-70H,3-15,17,19-54,56-58,60-63H2,1-2H3,(H,68,71)/b18-16-,59-55+. The minimum absolute atomic E-state index is 0.00591. The first kappa shape index (κ1) is 71.3. The number of ether oxygens (including phenoxy) is 1. The highest BCUT2D eigenvalue weighted by molar-refractivity contribution is 5.76. The van der Waals surface area contributed by atoms with E-state index < -0.39 is 12.1 Å². The fourth-order valence-corrected chi connectivity index (χ4v) is 10.4. The summed E-state index contributed by atoms with van der Waals surface area (Å²) in [6.45, 7) is 4.92. The number of carbonyl (C=O) groups is 2. The van der Waals surface area contributed by atoms with Gasteiger partial charge in [-0.15, -0.1) is 0 Å². The summed E-state index contributed by atoms with van der Waals surface area (Å²) < 4.78 is 5.48. The van der Waals surface area contributed by atoms with Crippen LogP contribution < -0.4 is 5.32 Å². The lowest BCUT2D eigenvalue weighted by molar-refractivity contribution is -0.143. The molecule has 0 aromatic heterocycles. The smallest absolute Gasteiger partial charge is 0.305 e. The molecule has 0 aliphatic carbocycles. The maximum atomic E-state index is 12.5. The Morgan fingerprint density at radius 3 is 0.973 bits per heavy atom. The number of aliphatic hydroxyl groups excluding tert-OH is 2. The first-order chi connectivity index (χ1) is 36.0. The van der Waals surface area contributed by atoms with Crippen LogP contribution in [0.25, 0.3) is 0 Å². The molecule has 6 heteroatoms.